The van der Waals surface area contributed by atoms with Gasteiger partial charge in [-0.3, -0.25) is 0 Å². The number of phenols is 2. The van der Waals surface area contributed by atoms with Gasteiger partial charge in [0, 0.05) is 0 Å². The Hall–Kier alpha value is -2.30. The van der Waals surface area contributed by atoms with Gasteiger partial charge in [-0.25, -0.2) is 8.42 Å². The summed E-state index contributed by atoms with van der Waals surface area (Å²) in [4.78, 5) is -0.458. The number of nitriles is 1. The van der Waals surface area contributed by atoms with Gasteiger partial charge in [-0.2, -0.15) is 5.26 Å². The number of allylic oxidation sites excluding steroid dienone is 1. The molecule has 22 heavy (non-hydrogen) atoms. The van der Waals surface area contributed by atoms with Crippen molar-refractivity contribution in [3.05, 3.63) is 57.4 Å². The lowest BCUT2D eigenvalue weighted by molar-refractivity contribution is 0.401. The molecule has 0 aliphatic rings. The van der Waals surface area contributed by atoms with E-state index in [1.165, 1.54) is 18.2 Å². The van der Waals surface area contributed by atoms with Crippen LogP contribution in [0.25, 0.3) is 6.08 Å². The largest absolute Gasteiger partial charge is 0.504 e. The fraction of sp³-hybridized carbons (Fsp3) is 0. The molecule has 0 bridgehead atoms. The quantitative estimate of drug-likeness (QED) is 0.630. The molecule has 0 heterocycles. The maximum absolute atomic E-state index is 12.4. The average molecular weight is 380 g/mol. The standard InChI is InChI=1S/C15H10BrNO4S/c16-13-7-10(8-14(18)15(13)19)6-12(9-17)22(20,21)11-4-2-1-3-5-11/h1-8,18-19H. The van der Waals surface area contributed by atoms with Crippen molar-refractivity contribution in [2.45, 2.75) is 4.90 Å². The second kappa shape index (κ2) is 6.22. The summed E-state index contributed by atoms with van der Waals surface area (Å²) in [6.45, 7) is 0. The summed E-state index contributed by atoms with van der Waals surface area (Å²) in [5, 5.41) is 28.2. The predicted octanol–water partition coefficient (Wildman–Crippen LogP) is 3.20. The van der Waals surface area contributed by atoms with E-state index in [1.807, 2.05) is 0 Å². The maximum atomic E-state index is 12.4. The second-order valence-corrected chi connectivity index (χ2v) is 7.08. The van der Waals surface area contributed by atoms with E-state index in [0.717, 1.165) is 12.1 Å². The van der Waals surface area contributed by atoms with Crippen LogP contribution in [0.4, 0.5) is 0 Å². The molecule has 0 aliphatic heterocycles. The smallest absolute Gasteiger partial charge is 0.216 e. The minimum Gasteiger partial charge on any atom is -0.504 e. The fourth-order valence-electron chi connectivity index (χ4n) is 1.74. The Morgan fingerprint density at radius 1 is 1.18 bits per heavy atom. The zero-order valence-corrected chi connectivity index (χ0v) is 13.5. The molecule has 0 radical (unpaired) electrons. The van der Waals surface area contributed by atoms with Gasteiger partial charge in [-0.05, 0) is 51.8 Å². The van der Waals surface area contributed by atoms with E-state index in [9.17, 15) is 18.6 Å². The van der Waals surface area contributed by atoms with E-state index in [2.05, 4.69) is 15.9 Å². The second-order valence-electron chi connectivity index (χ2n) is 4.31. The minimum atomic E-state index is -3.94. The fourth-order valence-corrected chi connectivity index (χ4v) is 3.38. The Labute approximate surface area is 135 Å². The van der Waals surface area contributed by atoms with Crippen LogP contribution in [0.15, 0.2) is 56.7 Å². The lowest BCUT2D eigenvalue weighted by atomic mass is 10.2. The molecule has 2 aromatic rings. The van der Waals surface area contributed by atoms with Crippen molar-refractivity contribution in [2.75, 3.05) is 0 Å². The van der Waals surface area contributed by atoms with Crippen LogP contribution >= 0.6 is 15.9 Å². The summed E-state index contributed by atoms with van der Waals surface area (Å²) < 4.78 is 25.0. The Morgan fingerprint density at radius 3 is 2.36 bits per heavy atom. The third kappa shape index (κ3) is 3.13. The van der Waals surface area contributed by atoms with Crippen LogP contribution in [-0.4, -0.2) is 18.6 Å². The molecule has 0 atom stereocenters. The SMILES string of the molecule is N#CC(=Cc1cc(O)c(O)c(Br)c1)S(=O)(=O)c1ccccc1. The molecule has 0 saturated carbocycles. The summed E-state index contributed by atoms with van der Waals surface area (Å²) in [5.41, 5.74) is 0.262. The molecule has 5 nitrogen and oxygen atoms in total. The highest BCUT2D eigenvalue weighted by Crippen LogP contribution is 2.35. The highest BCUT2D eigenvalue weighted by Gasteiger charge is 2.20. The first-order valence-electron chi connectivity index (χ1n) is 5.99. The van der Waals surface area contributed by atoms with Gasteiger partial charge >= 0.3 is 0 Å². The van der Waals surface area contributed by atoms with Crippen LogP contribution in [0.2, 0.25) is 0 Å². The number of rotatable bonds is 3. The zero-order chi connectivity index (χ0) is 16.3. The Kier molecular flexibility index (Phi) is 4.54. The molecule has 0 aliphatic carbocycles. The number of benzene rings is 2. The van der Waals surface area contributed by atoms with Crippen LogP contribution in [0, 0.1) is 11.3 Å². The van der Waals surface area contributed by atoms with Gasteiger partial charge in [0.2, 0.25) is 9.84 Å². The molecule has 7 heteroatoms. The Bertz CT molecular complexity index is 860. The van der Waals surface area contributed by atoms with E-state index in [4.69, 9.17) is 5.26 Å². The highest BCUT2D eigenvalue weighted by atomic mass is 79.9. The van der Waals surface area contributed by atoms with Crippen LogP contribution in [0.1, 0.15) is 5.56 Å². The summed E-state index contributed by atoms with van der Waals surface area (Å²) in [5.74, 6) is -0.781. The number of aromatic hydroxyl groups is 2. The van der Waals surface area contributed by atoms with Gasteiger partial charge in [0.15, 0.2) is 11.5 Å². The van der Waals surface area contributed by atoms with E-state index in [0.29, 0.717) is 0 Å². The number of halogens is 1. The third-order valence-electron chi connectivity index (χ3n) is 2.82. The van der Waals surface area contributed by atoms with Crippen LogP contribution in [0.5, 0.6) is 11.5 Å². The topological polar surface area (TPSA) is 98.4 Å². The summed E-state index contributed by atoms with van der Waals surface area (Å²) in [6.07, 6.45) is 1.13. The van der Waals surface area contributed by atoms with Crippen molar-refractivity contribution in [3.63, 3.8) is 0 Å². The molecule has 0 saturated heterocycles. The highest BCUT2D eigenvalue weighted by molar-refractivity contribution is 9.10. The summed E-state index contributed by atoms with van der Waals surface area (Å²) in [7, 11) is -3.94. The Balaban J connectivity index is 2.56. The molecule has 0 aromatic heterocycles. The molecule has 112 valence electrons. The normalized spacial score (nSPS) is 11.9. The molecule has 0 unspecified atom stereocenters. The molecule has 2 N–H and O–H groups in total. The molecule has 2 rings (SSSR count). The first kappa shape index (κ1) is 16.1. The first-order valence-corrected chi connectivity index (χ1v) is 8.27. The monoisotopic (exact) mass is 379 g/mol. The summed E-state index contributed by atoms with van der Waals surface area (Å²) in [6, 6.07) is 11.8. The third-order valence-corrected chi connectivity index (χ3v) is 5.10. The lowest BCUT2D eigenvalue weighted by Crippen LogP contribution is -2.03. The molecular formula is C15H10BrNO4S. The maximum Gasteiger partial charge on any atom is 0.216 e. The number of phenolic OH excluding ortho intramolecular Hbond substituents is 2. The van der Waals surface area contributed by atoms with Gasteiger partial charge in [0.05, 0.1) is 9.37 Å². The predicted molar refractivity (Wildman–Crippen MR) is 84.7 cm³/mol. The molecule has 0 amide bonds. The van der Waals surface area contributed by atoms with Crippen LogP contribution in [-0.2, 0) is 9.84 Å². The Morgan fingerprint density at radius 2 is 1.82 bits per heavy atom. The van der Waals surface area contributed by atoms with Crippen molar-refractivity contribution < 1.29 is 18.6 Å². The molecule has 0 fully saturated rings. The van der Waals surface area contributed by atoms with Crippen molar-refractivity contribution >= 4 is 31.8 Å². The van der Waals surface area contributed by atoms with Gasteiger partial charge in [-0.1, -0.05) is 18.2 Å². The number of sulfone groups is 1. The van der Waals surface area contributed by atoms with Crippen molar-refractivity contribution in [2.24, 2.45) is 0 Å². The number of hydrogen-bond donors (Lipinski definition) is 2. The van der Waals surface area contributed by atoms with E-state index >= 15 is 0 Å². The molecular weight excluding hydrogens is 370 g/mol. The van der Waals surface area contributed by atoms with Crippen molar-refractivity contribution in [1.29, 1.82) is 5.26 Å². The van der Waals surface area contributed by atoms with Crippen molar-refractivity contribution in [3.8, 4) is 17.6 Å². The van der Waals surface area contributed by atoms with Crippen LogP contribution < -0.4 is 0 Å². The van der Waals surface area contributed by atoms with Gasteiger partial charge in [-0.15, -0.1) is 0 Å². The van der Waals surface area contributed by atoms with Crippen LogP contribution in [0.3, 0.4) is 0 Å². The van der Waals surface area contributed by atoms with Gasteiger partial charge < -0.3 is 10.2 Å². The van der Waals surface area contributed by atoms with E-state index in [1.54, 1.807) is 24.3 Å². The number of nitrogens with zero attached hydrogens (tertiary/aromatic N) is 1. The van der Waals surface area contributed by atoms with Gasteiger partial charge in [0.1, 0.15) is 11.0 Å². The number of hydrogen-bond acceptors (Lipinski definition) is 5. The molecule has 0 spiro atoms. The average Bonchev–Trinajstić information content (AvgIpc) is 2.50. The molecule has 2 aromatic carbocycles. The van der Waals surface area contributed by atoms with E-state index < -0.39 is 20.5 Å². The lowest BCUT2D eigenvalue weighted by Gasteiger charge is -2.05. The first-order chi connectivity index (χ1) is 10.4. The minimum absolute atomic E-state index is 0.00451. The zero-order valence-electron chi connectivity index (χ0n) is 11.1. The van der Waals surface area contributed by atoms with Crippen molar-refractivity contribution in [1.82, 2.24) is 0 Å². The van der Waals surface area contributed by atoms with Gasteiger partial charge in [0.25, 0.3) is 0 Å². The van der Waals surface area contributed by atoms with E-state index in [-0.39, 0.29) is 20.7 Å². The summed E-state index contributed by atoms with van der Waals surface area (Å²) >= 11 is 3.03.